The Hall–Kier alpha value is -0.863. The van der Waals surface area contributed by atoms with E-state index in [0.29, 0.717) is 16.6 Å². The number of rotatable bonds is 11. The van der Waals surface area contributed by atoms with Gasteiger partial charge in [-0.2, -0.15) is 0 Å². The second kappa shape index (κ2) is 11.9. The van der Waals surface area contributed by atoms with Gasteiger partial charge >= 0.3 is 0 Å². The average Bonchev–Trinajstić information content (AvgIpc) is 3.06. The Balaban J connectivity index is 2.51. The quantitative estimate of drug-likeness (QED) is 0.144. The van der Waals surface area contributed by atoms with Crippen molar-refractivity contribution in [3.63, 3.8) is 0 Å². The average molecular weight is 393 g/mol. The highest BCUT2D eigenvalue weighted by molar-refractivity contribution is 6.90. The zero-order chi connectivity index (χ0) is 20.4. The Kier molecular flexibility index (Phi) is 10.6. The molecule has 0 saturated carbocycles. The van der Waals surface area contributed by atoms with Gasteiger partial charge in [0.05, 0.1) is 6.10 Å². The van der Waals surface area contributed by atoms with Crippen molar-refractivity contribution in [2.75, 3.05) is 13.9 Å². The molecule has 0 spiro atoms. The molecule has 3 nitrogen and oxygen atoms in total. The number of ether oxygens (including phenoxy) is 3. The van der Waals surface area contributed by atoms with Crippen LogP contribution in [0.4, 0.5) is 0 Å². The lowest BCUT2D eigenvalue weighted by Crippen LogP contribution is -2.43. The second-order valence-corrected chi connectivity index (χ2v) is 14.0. The van der Waals surface area contributed by atoms with Crippen molar-refractivity contribution < 1.29 is 14.2 Å². The fourth-order valence-electron chi connectivity index (χ4n) is 4.36. The van der Waals surface area contributed by atoms with Gasteiger partial charge in [-0.05, 0) is 29.5 Å². The molecule has 0 bridgehead atoms. The topological polar surface area (TPSA) is 27.7 Å². The molecule has 0 amide bonds. The maximum Gasteiger partial charge on any atom is 0.147 e. The van der Waals surface area contributed by atoms with Gasteiger partial charge in [0.2, 0.25) is 0 Å². The van der Waals surface area contributed by atoms with Gasteiger partial charge in [0.25, 0.3) is 0 Å². The first kappa shape index (κ1) is 24.2. The molecular formula is C23H40O3Si. The van der Waals surface area contributed by atoms with E-state index in [4.69, 9.17) is 14.2 Å². The summed E-state index contributed by atoms with van der Waals surface area (Å²) < 4.78 is 16.6. The van der Waals surface area contributed by atoms with Crippen molar-refractivity contribution in [3.05, 3.63) is 24.8 Å². The molecule has 0 fully saturated rings. The Bertz CT molecular complexity index is 506. The van der Waals surface area contributed by atoms with Crippen LogP contribution in [0.1, 0.15) is 60.8 Å². The van der Waals surface area contributed by atoms with Gasteiger partial charge in [0.15, 0.2) is 0 Å². The van der Waals surface area contributed by atoms with E-state index in [2.05, 4.69) is 71.7 Å². The summed E-state index contributed by atoms with van der Waals surface area (Å²) in [5, 5.41) is 0. The summed E-state index contributed by atoms with van der Waals surface area (Å²) in [6.07, 6.45) is 8.90. The van der Waals surface area contributed by atoms with Crippen LogP contribution in [0.5, 0.6) is 0 Å². The van der Waals surface area contributed by atoms with Crippen LogP contribution in [0, 0.1) is 11.5 Å². The molecular weight excluding hydrogens is 352 g/mol. The molecule has 0 N–H and O–H groups in total. The summed E-state index contributed by atoms with van der Waals surface area (Å²) in [4.78, 5) is 0. The van der Waals surface area contributed by atoms with Crippen LogP contribution in [-0.2, 0) is 14.2 Å². The van der Waals surface area contributed by atoms with E-state index in [-0.39, 0.29) is 25.1 Å². The highest BCUT2D eigenvalue weighted by atomic mass is 28.3. The van der Waals surface area contributed by atoms with E-state index in [1.807, 2.05) is 0 Å². The molecule has 0 aromatic heterocycles. The SMILES string of the molecule is C=C[C@@H](OCOC)[C@@H]1C=C[C@@H](CCCC#C[Si](C(C)C)(C(C)C)C(C)C)O1. The first-order chi connectivity index (χ1) is 12.8. The van der Waals surface area contributed by atoms with Gasteiger partial charge in [0.1, 0.15) is 27.1 Å². The van der Waals surface area contributed by atoms with E-state index in [1.54, 1.807) is 13.2 Å². The van der Waals surface area contributed by atoms with Gasteiger partial charge in [-0.25, -0.2) is 0 Å². The predicted molar refractivity (Wildman–Crippen MR) is 117 cm³/mol. The van der Waals surface area contributed by atoms with Crippen molar-refractivity contribution >= 4 is 8.07 Å². The number of hydrogen-bond acceptors (Lipinski definition) is 3. The van der Waals surface area contributed by atoms with Gasteiger partial charge in [-0.15, -0.1) is 18.0 Å². The normalized spacial score (nSPS) is 21.0. The van der Waals surface area contributed by atoms with Crippen LogP contribution in [0.3, 0.4) is 0 Å². The molecule has 3 atom stereocenters. The number of hydrogen-bond donors (Lipinski definition) is 0. The molecule has 0 radical (unpaired) electrons. The molecule has 27 heavy (non-hydrogen) atoms. The molecule has 0 unspecified atom stereocenters. The maximum absolute atomic E-state index is 6.07. The molecule has 1 rings (SSSR count). The second-order valence-electron chi connectivity index (χ2n) is 8.39. The van der Waals surface area contributed by atoms with Crippen LogP contribution in [-0.4, -0.2) is 40.3 Å². The molecule has 4 heteroatoms. The van der Waals surface area contributed by atoms with Gasteiger partial charge in [-0.1, -0.05) is 59.8 Å². The third kappa shape index (κ3) is 6.60. The van der Waals surface area contributed by atoms with Crippen molar-refractivity contribution in [1.82, 2.24) is 0 Å². The van der Waals surface area contributed by atoms with Crippen LogP contribution in [0.25, 0.3) is 0 Å². The molecule has 1 aliphatic heterocycles. The lowest BCUT2D eigenvalue weighted by atomic mass is 10.1. The van der Waals surface area contributed by atoms with Crippen molar-refractivity contribution in [3.8, 4) is 11.5 Å². The predicted octanol–water partition coefficient (Wildman–Crippen LogP) is 5.88. The van der Waals surface area contributed by atoms with Crippen molar-refractivity contribution in [1.29, 1.82) is 0 Å². The molecule has 0 aromatic carbocycles. The number of unbranched alkanes of at least 4 members (excludes halogenated alkanes) is 1. The number of methoxy groups -OCH3 is 1. The van der Waals surface area contributed by atoms with Crippen molar-refractivity contribution in [2.45, 2.75) is 95.7 Å². The fourth-order valence-corrected chi connectivity index (χ4v) is 9.66. The lowest BCUT2D eigenvalue weighted by Gasteiger charge is -2.38. The fraction of sp³-hybridized carbons (Fsp3) is 0.739. The molecule has 1 aliphatic rings. The zero-order valence-corrected chi connectivity index (χ0v) is 19.5. The molecule has 1 heterocycles. The van der Waals surface area contributed by atoms with E-state index in [1.165, 1.54) is 0 Å². The van der Waals surface area contributed by atoms with Crippen LogP contribution in [0.15, 0.2) is 24.8 Å². The molecule has 0 aliphatic carbocycles. The van der Waals surface area contributed by atoms with Gasteiger partial charge in [0, 0.05) is 13.5 Å². The van der Waals surface area contributed by atoms with Crippen LogP contribution >= 0.6 is 0 Å². The van der Waals surface area contributed by atoms with Crippen molar-refractivity contribution in [2.24, 2.45) is 0 Å². The minimum atomic E-state index is -1.60. The van der Waals surface area contributed by atoms with Crippen LogP contribution in [0.2, 0.25) is 16.6 Å². The van der Waals surface area contributed by atoms with E-state index in [0.717, 1.165) is 19.3 Å². The Labute approximate surface area is 168 Å². The third-order valence-corrected chi connectivity index (χ3v) is 12.1. The first-order valence-corrected chi connectivity index (χ1v) is 12.6. The van der Waals surface area contributed by atoms with Gasteiger partial charge in [-0.3, -0.25) is 0 Å². The minimum absolute atomic E-state index is 0.0726. The van der Waals surface area contributed by atoms with E-state index >= 15 is 0 Å². The summed E-state index contributed by atoms with van der Waals surface area (Å²) in [6, 6.07) is 0. The summed E-state index contributed by atoms with van der Waals surface area (Å²) >= 11 is 0. The summed E-state index contributed by atoms with van der Waals surface area (Å²) in [5.41, 5.74) is 5.87. The summed E-state index contributed by atoms with van der Waals surface area (Å²) in [6.45, 7) is 18.2. The van der Waals surface area contributed by atoms with Gasteiger partial charge < -0.3 is 14.2 Å². The maximum atomic E-state index is 6.07. The van der Waals surface area contributed by atoms with E-state index < -0.39 is 8.07 Å². The standard InChI is InChI=1S/C23H40O3Si/c1-9-22(25-17-24-8)23-15-14-21(26-23)13-11-10-12-16-27(18(2)3,19(4)5)20(6)7/h9,14-15,18-23H,1,10-11,13,17H2,2-8H3/t21-,22-,23+/m1/s1. The van der Waals surface area contributed by atoms with E-state index in [9.17, 15) is 0 Å². The highest BCUT2D eigenvalue weighted by Crippen LogP contribution is 2.40. The summed E-state index contributed by atoms with van der Waals surface area (Å²) in [7, 11) is 0.0173. The Morgan fingerprint density at radius 2 is 1.74 bits per heavy atom. The highest BCUT2D eigenvalue weighted by Gasteiger charge is 2.41. The smallest absolute Gasteiger partial charge is 0.147 e. The monoisotopic (exact) mass is 392 g/mol. The molecule has 0 aromatic rings. The Morgan fingerprint density at radius 1 is 1.11 bits per heavy atom. The summed E-state index contributed by atoms with van der Waals surface area (Å²) in [5.74, 6) is 3.54. The lowest BCUT2D eigenvalue weighted by molar-refractivity contribution is -0.101. The minimum Gasteiger partial charge on any atom is -0.364 e. The molecule has 154 valence electrons. The first-order valence-electron chi connectivity index (χ1n) is 10.4. The zero-order valence-electron chi connectivity index (χ0n) is 18.5. The Morgan fingerprint density at radius 3 is 2.26 bits per heavy atom. The third-order valence-electron chi connectivity index (χ3n) is 5.74. The largest absolute Gasteiger partial charge is 0.364 e. The molecule has 0 saturated heterocycles. The van der Waals surface area contributed by atoms with Crippen LogP contribution < -0.4 is 0 Å².